The number of amides is 1. The molecular weight excluding hydrogens is 504 g/mol. The van der Waals surface area contributed by atoms with Crippen LogP contribution in [0.15, 0.2) is 41.0 Å². The van der Waals surface area contributed by atoms with Gasteiger partial charge in [-0.25, -0.2) is 18.4 Å². The zero-order chi connectivity index (χ0) is 25.4. The Hall–Kier alpha value is -3.62. The molecule has 1 aliphatic heterocycles. The van der Waals surface area contributed by atoms with Crippen LogP contribution in [0.1, 0.15) is 12.6 Å². The minimum absolute atomic E-state index is 0.140. The maximum absolute atomic E-state index is 13.4. The molecule has 0 aliphatic carbocycles. The van der Waals surface area contributed by atoms with Crippen molar-refractivity contribution in [2.45, 2.75) is 18.1 Å². The average Bonchev–Trinajstić information content (AvgIpc) is 3.49. The lowest BCUT2D eigenvalue weighted by molar-refractivity contribution is -0.114. The molecule has 0 radical (unpaired) electrons. The van der Waals surface area contributed by atoms with Crippen molar-refractivity contribution in [2.75, 3.05) is 43.5 Å². The van der Waals surface area contributed by atoms with Gasteiger partial charge in [0, 0.05) is 44.9 Å². The fourth-order valence-corrected chi connectivity index (χ4v) is 7.15. The number of rotatable bonds is 6. The van der Waals surface area contributed by atoms with Crippen molar-refractivity contribution < 1.29 is 17.9 Å². The lowest BCUT2D eigenvalue weighted by Gasteiger charge is -2.35. The fraction of sp³-hybridized carbons (Fsp3) is 0.318. The summed E-state index contributed by atoms with van der Waals surface area (Å²) in [4.78, 5) is 26.3. The molecule has 12 nitrogen and oxygen atoms in total. The maximum atomic E-state index is 13.4. The van der Waals surface area contributed by atoms with E-state index in [9.17, 15) is 13.2 Å². The van der Waals surface area contributed by atoms with E-state index >= 15 is 0 Å². The van der Waals surface area contributed by atoms with Crippen molar-refractivity contribution >= 4 is 44.0 Å². The summed E-state index contributed by atoms with van der Waals surface area (Å²) in [7, 11) is -2.15. The Morgan fingerprint density at radius 3 is 2.50 bits per heavy atom. The molecule has 36 heavy (non-hydrogen) atoms. The molecule has 0 unspecified atom stereocenters. The first-order chi connectivity index (χ1) is 17.3. The van der Waals surface area contributed by atoms with E-state index in [0.717, 1.165) is 34.0 Å². The zero-order valence-corrected chi connectivity index (χ0v) is 21.5. The van der Waals surface area contributed by atoms with Crippen molar-refractivity contribution in [1.82, 2.24) is 28.9 Å². The van der Waals surface area contributed by atoms with Gasteiger partial charge in [0.15, 0.2) is 9.34 Å². The van der Waals surface area contributed by atoms with Crippen LogP contribution in [0.5, 0.6) is 5.75 Å². The molecule has 14 heteroatoms. The summed E-state index contributed by atoms with van der Waals surface area (Å²) in [6.45, 7) is 4.42. The molecule has 0 saturated carbocycles. The van der Waals surface area contributed by atoms with Crippen LogP contribution >= 0.6 is 11.3 Å². The number of aryl methyl sites for hydroxylation is 1. The molecule has 1 aromatic carbocycles. The van der Waals surface area contributed by atoms with Crippen molar-refractivity contribution in [2.24, 2.45) is 0 Å². The quantitative estimate of drug-likeness (QED) is 0.399. The van der Waals surface area contributed by atoms with Gasteiger partial charge in [0.1, 0.15) is 17.9 Å². The maximum Gasteiger partial charge on any atom is 0.254 e. The number of carbonyl (C=O) groups excluding carboxylic acids is 1. The standard InChI is InChI=1S/C22H24N8O4S2/c1-14-20(35-22(26-14)27-15(2)31)36(32,33)29-10-8-28(9-11-29)19-18(12-23-21-24-13-25-30(19)21)16-4-6-17(34-3)7-5-16/h4-7,12-13H,8-11H2,1-3H3,(H,26,27,31). The van der Waals surface area contributed by atoms with Gasteiger partial charge >= 0.3 is 0 Å². The number of benzene rings is 1. The topological polar surface area (TPSA) is 135 Å². The summed E-state index contributed by atoms with van der Waals surface area (Å²) in [6, 6.07) is 7.65. The summed E-state index contributed by atoms with van der Waals surface area (Å²) < 4.78 is 35.3. The van der Waals surface area contributed by atoms with Crippen LogP contribution in [-0.2, 0) is 14.8 Å². The fourth-order valence-electron chi connectivity index (χ4n) is 4.13. The molecule has 0 atom stereocenters. The first kappa shape index (κ1) is 24.1. The second-order valence-corrected chi connectivity index (χ2v) is 11.3. The highest BCUT2D eigenvalue weighted by Gasteiger charge is 2.33. The summed E-state index contributed by atoms with van der Waals surface area (Å²) in [5, 5.41) is 7.20. The Balaban J connectivity index is 1.43. The smallest absolute Gasteiger partial charge is 0.254 e. The largest absolute Gasteiger partial charge is 0.497 e. The van der Waals surface area contributed by atoms with Crippen LogP contribution in [0, 0.1) is 6.92 Å². The first-order valence-electron chi connectivity index (χ1n) is 11.1. The van der Waals surface area contributed by atoms with Crippen LogP contribution in [0.4, 0.5) is 10.9 Å². The van der Waals surface area contributed by atoms with E-state index in [4.69, 9.17) is 4.74 Å². The summed E-state index contributed by atoms with van der Waals surface area (Å²) >= 11 is 0.964. The number of methoxy groups -OCH3 is 1. The second kappa shape index (κ2) is 9.44. The molecule has 0 spiro atoms. The molecule has 4 heterocycles. The molecule has 1 N–H and O–H groups in total. The predicted octanol–water partition coefficient (Wildman–Crippen LogP) is 2.03. The molecule has 188 valence electrons. The van der Waals surface area contributed by atoms with E-state index in [0.29, 0.717) is 24.6 Å². The van der Waals surface area contributed by atoms with Crippen LogP contribution < -0.4 is 15.0 Å². The molecule has 4 aromatic rings. The van der Waals surface area contributed by atoms with E-state index in [1.165, 1.54) is 17.6 Å². The van der Waals surface area contributed by atoms with Gasteiger partial charge in [-0.1, -0.05) is 23.5 Å². The summed E-state index contributed by atoms with van der Waals surface area (Å²) in [5.74, 6) is 1.70. The van der Waals surface area contributed by atoms with E-state index in [-0.39, 0.29) is 28.3 Å². The molecule has 1 amide bonds. The number of thiazole rings is 1. The Bertz CT molecular complexity index is 1520. The lowest BCUT2D eigenvalue weighted by atomic mass is 10.1. The zero-order valence-electron chi connectivity index (χ0n) is 19.9. The second-order valence-electron chi connectivity index (χ2n) is 8.16. The molecule has 1 aliphatic rings. The third-order valence-corrected chi connectivity index (χ3v) is 9.39. The minimum atomic E-state index is -3.76. The monoisotopic (exact) mass is 528 g/mol. The van der Waals surface area contributed by atoms with E-state index in [1.54, 1.807) is 24.7 Å². The average molecular weight is 529 g/mol. The molecule has 1 fully saturated rings. The number of carbonyl (C=O) groups is 1. The number of anilines is 2. The third kappa shape index (κ3) is 4.38. The van der Waals surface area contributed by atoms with Crippen molar-refractivity contribution in [3.8, 4) is 16.9 Å². The van der Waals surface area contributed by atoms with Gasteiger partial charge in [0.25, 0.3) is 15.8 Å². The van der Waals surface area contributed by atoms with Crippen LogP contribution in [0.25, 0.3) is 16.9 Å². The van der Waals surface area contributed by atoms with Crippen molar-refractivity contribution in [3.05, 3.63) is 42.5 Å². The van der Waals surface area contributed by atoms with Crippen molar-refractivity contribution in [3.63, 3.8) is 0 Å². The number of sulfonamides is 1. The van der Waals surface area contributed by atoms with Gasteiger partial charge in [-0.3, -0.25) is 4.79 Å². The Kier molecular flexibility index (Phi) is 6.32. The van der Waals surface area contributed by atoms with Gasteiger partial charge in [-0.2, -0.15) is 18.9 Å². The predicted molar refractivity (Wildman–Crippen MR) is 135 cm³/mol. The number of hydrogen-bond acceptors (Lipinski definition) is 10. The highest BCUT2D eigenvalue weighted by molar-refractivity contribution is 7.91. The normalized spacial score (nSPS) is 14.8. The van der Waals surface area contributed by atoms with Gasteiger partial charge in [0.2, 0.25) is 5.91 Å². The van der Waals surface area contributed by atoms with Gasteiger partial charge < -0.3 is 15.0 Å². The number of fused-ring (bicyclic) bond motifs is 1. The van der Waals surface area contributed by atoms with Gasteiger partial charge in [0.05, 0.1) is 12.8 Å². The van der Waals surface area contributed by atoms with Gasteiger partial charge in [-0.15, -0.1) is 0 Å². The van der Waals surface area contributed by atoms with Gasteiger partial charge in [-0.05, 0) is 24.6 Å². The highest BCUT2D eigenvalue weighted by atomic mass is 32.2. The molecule has 3 aromatic heterocycles. The molecule has 1 saturated heterocycles. The Labute approximate surface area is 211 Å². The van der Waals surface area contributed by atoms with Crippen LogP contribution in [-0.4, -0.2) is 76.5 Å². The highest BCUT2D eigenvalue weighted by Crippen LogP contribution is 2.34. The number of ether oxygens (including phenoxy) is 1. The number of aromatic nitrogens is 5. The molecule has 5 rings (SSSR count). The molecule has 0 bridgehead atoms. The van der Waals surface area contributed by atoms with Crippen molar-refractivity contribution in [1.29, 1.82) is 0 Å². The number of piperazine rings is 1. The SMILES string of the molecule is COc1ccc(-c2cnc3ncnn3c2N2CCN(S(=O)(=O)c3sc(NC(C)=O)nc3C)CC2)cc1. The van der Waals surface area contributed by atoms with Crippen LogP contribution in [0.3, 0.4) is 0 Å². The van der Waals surface area contributed by atoms with Crippen LogP contribution in [0.2, 0.25) is 0 Å². The lowest BCUT2D eigenvalue weighted by Crippen LogP contribution is -2.49. The molecular formula is C22H24N8O4S2. The Morgan fingerprint density at radius 1 is 1.11 bits per heavy atom. The summed E-state index contributed by atoms with van der Waals surface area (Å²) in [5.41, 5.74) is 2.15. The number of hydrogen-bond donors (Lipinski definition) is 1. The van der Waals surface area contributed by atoms with E-state index < -0.39 is 10.0 Å². The summed E-state index contributed by atoms with van der Waals surface area (Å²) in [6.07, 6.45) is 3.21. The van der Waals surface area contributed by atoms with E-state index in [2.05, 4.69) is 30.3 Å². The minimum Gasteiger partial charge on any atom is -0.497 e. The third-order valence-electron chi connectivity index (χ3n) is 5.83. The van der Waals surface area contributed by atoms with E-state index in [1.807, 2.05) is 24.3 Å². The number of nitrogens with zero attached hydrogens (tertiary/aromatic N) is 7. The first-order valence-corrected chi connectivity index (χ1v) is 13.4. The Morgan fingerprint density at radius 2 is 1.83 bits per heavy atom. The number of nitrogens with one attached hydrogen (secondary N) is 1.